The minimum atomic E-state index is -0.751. The maximum atomic E-state index is 13.7. The number of carbonyl (C=O) groups excluding carboxylic acids is 2. The Morgan fingerprint density at radius 2 is 1.82 bits per heavy atom. The molecule has 0 radical (unpaired) electrons. The average Bonchev–Trinajstić information content (AvgIpc) is 3.38. The second-order valence-corrected chi connectivity index (χ2v) is 10.3. The number of nitrogens with one attached hydrogen (secondary N) is 1. The molecule has 1 saturated heterocycles. The van der Waals surface area contributed by atoms with Crippen molar-refractivity contribution in [1.29, 1.82) is 0 Å². The van der Waals surface area contributed by atoms with E-state index in [2.05, 4.69) is 17.3 Å². The number of unbranched alkanes of at least 4 members (excludes halogenated alkanes) is 1. The van der Waals surface area contributed by atoms with Crippen molar-refractivity contribution in [2.24, 2.45) is 7.05 Å². The zero-order valence-corrected chi connectivity index (χ0v) is 24.0. The smallest absolute Gasteiger partial charge is 0.257 e. The number of aromatic nitrogens is 2. The highest BCUT2D eigenvalue weighted by atomic mass is 32.1. The second kappa shape index (κ2) is 12.3. The maximum absolute atomic E-state index is 13.7. The summed E-state index contributed by atoms with van der Waals surface area (Å²) in [6.45, 7) is 4.99. The van der Waals surface area contributed by atoms with Gasteiger partial charge in [-0.3, -0.25) is 14.3 Å². The number of thiocarbonyl (C=S) groups is 1. The van der Waals surface area contributed by atoms with E-state index in [0.29, 0.717) is 29.7 Å². The zero-order chi connectivity index (χ0) is 28.1. The number of aryl methyl sites for hydroxylation is 2. The van der Waals surface area contributed by atoms with E-state index in [4.69, 9.17) is 17.0 Å². The molecule has 1 aliphatic rings. The van der Waals surface area contributed by atoms with Gasteiger partial charge in [-0.25, -0.2) is 4.90 Å². The van der Waals surface area contributed by atoms with Gasteiger partial charge in [0.1, 0.15) is 11.8 Å². The van der Waals surface area contributed by atoms with Crippen LogP contribution in [0.4, 0.5) is 17.1 Å². The molecule has 206 valence electrons. The summed E-state index contributed by atoms with van der Waals surface area (Å²) in [6, 6.07) is 14.2. The van der Waals surface area contributed by atoms with Crippen molar-refractivity contribution in [3.8, 4) is 5.75 Å². The molecular formula is C29H36N6O3S. The van der Waals surface area contributed by atoms with Crippen molar-refractivity contribution in [2.75, 3.05) is 35.8 Å². The molecule has 9 nitrogen and oxygen atoms in total. The van der Waals surface area contributed by atoms with Crippen LogP contribution < -0.4 is 19.9 Å². The quantitative estimate of drug-likeness (QED) is 0.225. The van der Waals surface area contributed by atoms with E-state index in [1.807, 2.05) is 63.4 Å². The lowest BCUT2D eigenvalue weighted by molar-refractivity contribution is -0.122. The van der Waals surface area contributed by atoms with E-state index in [-0.39, 0.29) is 18.2 Å². The molecule has 2 heterocycles. The fourth-order valence-corrected chi connectivity index (χ4v) is 4.82. The molecule has 0 unspecified atom stereocenters. The van der Waals surface area contributed by atoms with Crippen molar-refractivity contribution in [3.63, 3.8) is 0 Å². The first-order valence-corrected chi connectivity index (χ1v) is 13.5. The SMILES string of the molecule is CCCCOc1ccc(N2C(=O)C[C@@H](N(Cc3cn(C)nc3C)C(=S)Nc3ccc(N(C)C)cc3)C2=O)cc1. The number of carbonyl (C=O) groups is 2. The van der Waals surface area contributed by atoms with E-state index in [0.717, 1.165) is 35.5 Å². The highest BCUT2D eigenvalue weighted by molar-refractivity contribution is 7.80. The van der Waals surface area contributed by atoms with E-state index in [9.17, 15) is 9.59 Å². The van der Waals surface area contributed by atoms with Gasteiger partial charge in [-0.05, 0) is 74.1 Å². The number of amides is 2. The Kier molecular flexibility index (Phi) is 8.86. The van der Waals surface area contributed by atoms with E-state index < -0.39 is 6.04 Å². The number of nitrogens with zero attached hydrogens (tertiary/aromatic N) is 5. The van der Waals surface area contributed by atoms with Crippen LogP contribution in [0.1, 0.15) is 37.4 Å². The molecule has 10 heteroatoms. The molecule has 0 aliphatic carbocycles. The van der Waals surface area contributed by atoms with Gasteiger partial charge in [0.2, 0.25) is 5.91 Å². The van der Waals surface area contributed by atoms with Crippen LogP contribution in [0.5, 0.6) is 5.75 Å². The summed E-state index contributed by atoms with van der Waals surface area (Å²) < 4.78 is 7.47. The molecule has 4 rings (SSSR count). The third-order valence-electron chi connectivity index (χ3n) is 6.71. The summed E-state index contributed by atoms with van der Waals surface area (Å²) in [5.41, 5.74) is 4.14. The molecule has 3 aromatic rings. The molecule has 1 fully saturated rings. The molecular weight excluding hydrogens is 512 g/mol. The summed E-state index contributed by atoms with van der Waals surface area (Å²) in [7, 11) is 5.81. The Bertz CT molecular complexity index is 1320. The molecule has 1 N–H and O–H groups in total. The number of rotatable bonds is 10. The highest BCUT2D eigenvalue weighted by Gasteiger charge is 2.44. The molecule has 1 atom stereocenters. The topological polar surface area (TPSA) is 82.9 Å². The number of hydrogen-bond acceptors (Lipinski definition) is 6. The van der Waals surface area contributed by atoms with Gasteiger partial charge >= 0.3 is 0 Å². The Balaban J connectivity index is 1.57. The van der Waals surface area contributed by atoms with Gasteiger partial charge in [0.05, 0.1) is 24.4 Å². The lowest BCUT2D eigenvalue weighted by Crippen LogP contribution is -2.46. The van der Waals surface area contributed by atoms with Crippen LogP contribution in [-0.2, 0) is 23.2 Å². The first-order valence-electron chi connectivity index (χ1n) is 13.1. The molecule has 0 saturated carbocycles. The van der Waals surface area contributed by atoms with Gasteiger partial charge < -0.3 is 19.9 Å². The third kappa shape index (κ3) is 6.57. The molecule has 1 aliphatic heterocycles. The summed E-state index contributed by atoms with van der Waals surface area (Å²) in [5, 5.41) is 8.07. The van der Waals surface area contributed by atoms with Gasteiger partial charge in [-0.1, -0.05) is 13.3 Å². The number of imide groups is 1. The minimum absolute atomic E-state index is 0.0221. The van der Waals surface area contributed by atoms with Gasteiger partial charge in [0, 0.05) is 50.8 Å². The van der Waals surface area contributed by atoms with Crippen LogP contribution in [0.15, 0.2) is 54.7 Å². The Hall–Kier alpha value is -3.92. The Morgan fingerprint density at radius 3 is 2.41 bits per heavy atom. The van der Waals surface area contributed by atoms with Gasteiger partial charge in [-0.2, -0.15) is 5.10 Å². The van der Waals surface area contributed by atoms with E-state index in [1.165, 1.54) is 4.90 Å². The Labute approximate surface area is 235 Å². The second-order valence-electron chi connectivity index (χ2n) is 9.90. The molecule has 39 heavy (non-hydrogen) atoms. The lowest BCUT2D eigenvalue weighted by Gasteiger charge is -2.30. The van der Waals surface area contributed by atoms with Crippen LogP contribution in [0.2, 0.25) is 0 Å². The molecule has 1 aromatic heterocycles. The summed E-state index contributed by atoms with van der Waals surface area (Å²) in [6.07, 6.45) is 3.94. The maximum Gasteiger partial charge on any atom is 0.257 e. The normalized spacial score (nSPS) is 15.0. The van der Waals surface area contributed by atoms with E-state index >= 15 is 0 Å². The first kappa shape index (κ1) is 28.1. The summed E-state index contributed by atoms with van der Waals surface area (Å²) in [5.74, 6) is 0.131. The largest absolute Gasteiger partial charge is 0.494 e. The third-order valence-corrected chi connectivity index (χ3v) is 7.05. The standard InChI is InChI=1S/C29H36N6O3S/c1-6-7-16-38-25-14-12-24(13-15-25)35-27(36)17-26(28(35)37)34(19-21-18-33(5)31-20(21)2)29(39)30-22-8-10-23(11-9-22)32(3)4/h8-15,18,26H,6-7,16-17,19H2,1-5H3,(H,30,39)/t26-/m1/s1. The van der Waals surface area contributed by atoms with Crippen molar-refractivity contribution in [2.45, 2.75) is 45.7 Å². The number of anilines is 3. The van der Waals surface area contributed by atoms with E-state index in [1.54, 1.807) is 33.8 Å². The van der Waals surface area contributed by atoms with Gasteiger partial charge in [-0.15, -0.1) is 0 Å². The fraction of sp³-hybridized carbons (Fsp3) is 0.379. The Morgan fingerprint density at radius 1 is 1.13 bits per heavy atom. The number of ether oxygens (including phenoxy) is 1. The van der Waals surface area contributed by atoms with Gasteiger partial charge in [0.25, 0.3) is 5.91 Å². The van der Waals surface area contributed by atoms with Crippen molar-refractivity contribution in [3.05, 3.63) is 66.0 Å². The average molecular weight is 549 g/mol. The van der Waals surface area contributed by atoms with Crippen LogP contribution in [-0.4, -0.2) is 58.4 Å². The first-order chi connectivity index (χ1) is 18.7. The van der Waals surface area contributed by atoms with Crippen LogP contribution in [0.3, 0.4) is 0 Å². The molecule has 2 amide bonds. The van der Waals surface area contributed by atoms with Crippen molar-refractivity contribution in [1.82, 2.24) is 14.7 Å². The summed E-state index contributed by atoms with van der Waals surface area (Å²) >= 11 is 5.82. The predicted molar refractivity (Wildman–Crippen MR) is 158 cm³/mol. The monoisotopic (exact) mass is 548 g/mol. The lowest BCUT2D eigenvalue weighted by atomic mass is 10.1. The van der Waals surface area contributed by atoms with Crippen LogP contribution in [0, 0.1) is 6.92 Å². The summed E-state index contributed by atoms with van der Waals surface area (Å²) in [4.78, 5) is 31.9. The van der Waals surface area contributed by atoms with Crippen molar-refractivity contribution >= 4 is 46.2 Å². The minimum Gasteiger partial charge on any atom is -0.494 e. The highest BCUT2D eigenvalue weighted by Crippen LogP contribution is 2.29. The number of hydrogen-bond donors (Lipinski definition) is 1. The fourth-order valence-electron chi connectivity index (χ4n) is 4.51. The molecule has 0 bridgehead atoms. The predicted octanol–water partition coefficient (Wildman–Crippen LogP) is 4.50. The number of benzene rings is 2. The molecule has 0 spiro atoms. The van der Waals surface area contributed by atoms with Gasteiger partial charge in [0.15, 0.2) is 5.11 Å². The molecule has 2 aromatic carbocycles. The zero-order valence-electron chi connectivity index (χ0n) is 23.2. The van der Waals surface area contributed by atoms with Crippen molar-refractivity contribution < 1.29 is 14.3 Å². The van der Waals surface area contributed by atoms with Crippen LogP contribution in [0.25, 0.3) is 0 Å². The van der Waals surface area contributed by atoms with Crippen LogP contribution >= 0.6 is 12.2 Å².